The number of carbonyl (C=O) groups is 2. The summed E-state index contributed by atoms with van der Waals surface area (Å²) in [6, 6.07) is 24.3. The summed E-state index contributed by atoms with van der Waals surface area (Å²) in [5, 5.41) is 3.05. The highest BCUT2D eigenvalue weighted by molar-refractivity contribution is 6.30. The highest BCUT2D eigenvalue weighted by Gasteiger charge is 2.35. The van der Waals surface area contributed by atoms with Gasteiger partial charge in [0.25, 0.3) is 0 Å². The van der Waals surface area contributed by atoms with E-state index in [1.807, 2.05) is 54.6 Å². The topological polar surface area (TPSA) is 67.9 Å². The number of hydrogen-bond donors (Lipinski definition) is 1. The van der Waals surface area contributed by atoms with Gasteiger partial charge in [-0.1, -0.05) is 41.9 Å². The van der Waals surface area contributed by atoms with Gasteiger partial charge in [-0.05, 0) is 54.1 Å². The molecule has 3 aromatic carbocycles. The minimum Gasteiger partial charge on any atom is -0.457 e. The average molecular weight is 439 g/mol. The summed E-state index contributed by atoms with van der Waals surface area (Å²) in [5.41, 5.74) is 1.81. The molecule has 1 N–H and O–H groups in total. The maximum absolute atomic E-state index is 12.2. The molecule has 1 aliphatic rings. The molecule has 0 radical (unpaired) electrons. The molecular weight excluding hydrogens is 416 g/mol. The maximum Gasteiger partial charge on any atom is 0.415 e. The Labute approximate surface area is 186 Å². The van der Waals surface area contributed by atoms with Crippen molar-refractivity contribution in [1.82, 2.24) is 5.32 Å². The quantitative estimate of drug-likeness (QED) is 0.577. The lowest BCUT2D eigenvalue weighted by molar-refractivity contribution is -0.118. The molecule has 1 heterocycles. The number of carbonyl (C=O) groups excluding carboxylic acids is 2. The molecule has 1 aliphatic heterocycles. The Balaban J connectivity index is 0.000000491. The molecule has 4 rings (SSSR count). The summed E-state index contributed by atoms with van der Waals surface area (Å²) in [4.78, 5) is 23.6. The monoisotopic (exact) mass is 438 g/mol. The van der Waals surface area contributed by atoms with Crippen LogP contribution < -0.4 is 15.0 Å². The predicted molar refractivity (Wildman–Crippen MR) is 121 cm³/mol. The zero-order valence-electron chi connectivity index (χ0n) is 17.2. The van der Waals surface area contributed by atoms with Gasteiger partial charge < -0.3 is 14.8 Å². The van der Waals surface area contributed by atoms with Crippen molar-refractivity contribution in [2.45, 2.75) is 13.0 Å². The molecule has 3 aromatic rings. The number of anilines is 1. The Morgan fingerprint density at radius 3 is 2.10 bits per heavy atom. The molecule has 1 atom stereocenters. The Bertz CT molecular complexity index is 1010. The second-order valence-electron chi connectivity index (χ2n) is 6.73. The van der Waals surface area contributed by atoms with Crippen LogP contribution >= 0.6 is 11.6 Å². The maximum atomic E-state index is 12.2. The first-order valence-electron chi connectivity index (χ1n) is 9.70. The zero-order chi connectivity index (χ0) is 22.2. The fourth-order valence-electron chi connectivity index (χ4n) is 2.94. The van der Waals surface area contributed by atoms with Gasteiger partial charge in [-0.2, -0.15) is 0 Å². The number of hydrogen-bond acceptors (Lipinski definition) is 4. The van der Waals surface area contributed by atoms with E-state index in [-0.39, 0.29) is 18.0 Å². The zero-order valence-corrected chi connectivity index (χ0v) is 18.0. The molecule has 0 aromatic heterocycles. The number of halogens is 1. The van der Waals surface area contributed by atoms with Crippen LogP contribution in [0.3, 0.4) is 0 Å². The smallest absolute Gasteiger partial charge is 0.415 e. The molecule has 31 heavy (non-hydrogen) atoms. The first kappa shape index (κ1) is 22.2. The van der Waals surface area contributed by atoms with E-state index in [1.54, 1.807) is 36.2 Å². The van der Waals surface area contributed by atoms with Crippen molar-refractivity contribution >= 4 is 29.3 Å². The van der Waals surface area contributed by atoms with E-state index in [1.165, 1.54) is 6.92 Å². The van der Waals surface area contributed by atoms with Gasteiger partial charge in [0.2, 0.25) is 5.91 Å². The largest absolute Gasteiger partial charge is 0.457 e. The minimum atomic E-state index is -0.342. The highest BCUT2D eigenvalue weighted by atomic mass is 35.5. The molecule has 0 bridgehead atoms. The molecule has 6 nitrogen and oxygen atoms in total. The second kappa shape index (κ2) is 10.5. The number of benzene rings is 3. The Morgan fingerprint density at radius 2 is 1.55 bits per heavy atom. The number of nitrogens with zero attached hydrogens (tertiary/aromatic N) is 1. The molecule has 0 spiro atoms. The van der Waals surface area contributed by atoms with Gasteiger partial charge in [0.15, 0.2) is 0 Å². The molecule has 160 valence electrons. The van der Waals surface area contributed by atoms with Gasteiger partial charge in [0.1, 0.15) is 18.1 Å². The molecule has 0 saturated carbocycles. The van der Waals surface area contributed by atoms with Crippen LogP contribution in [0.2, 0.25) is 5.02 Å². The summed E-state index contributed by atoms with van der Waals surface area (Å²) in [7, 11) is 1.60. The summed E-state index contributed by atoms with van der Waals surface area (Å²) >= 11 is 5.88. The molecule has 2 amide bonds. The third-order valence-corrected chi connectivity index (χ3v) is 4.83. The van der Waals surface area contributed by atoms with Crippen molar-refractivity contribution < 1.29 is 19.1 Å². The van der Waals surface area contributed by atoms with Crippen molar-refractivity contribution in [3.8, 4) is 11.5 Å². The van der Waals surface area contributed by atoms with Gasteiger partial charge in [-0.15, -0.1) is 0 Å². The number of nitrogens with one attached hydrogen (secondary N) is 1. The van der Waals surface area contributed by atoms with Gasteiger partial charge in [-0.3, -0.25) is 9.69 Å². The summed E-state index contributed by atoms with van der Waals surface area (Å²) in [6.07, 6.45) is -0.342. The van der Waals surface area contributed by atoms with Gasteiger partial charge in [0.05, 0.1) is 6.04 Å². The van der Waals surface area contributed by atoms with Crippen LogP contribution in [-0.2, 0) is 9.53 Å². The fraction of sp³-hybridized carbons (Fsp3) is 0.167. The van der Waals surface area contributed by atoms with E-state index in [9.17, 15) is 9.59 Å². The van der Waals surface area contributed by atoms with Gasteiger partial charge in [0, 0.05) is 24.7 Å². The van der Waals surface area contributed by atoms with Crippen molar-refractivity contribution in [3.05, 3.63) is 89.4 Å². The average Bonchev–Trinajstić information content (AvgIpc) is 3.18. The van der Waals surface area contributed by atoms with Crippen LogP contribution in [-0.4, -0.2) is 25.7 Å². The van der Waals surface area contributed by atoms with Crippen molar-refractivity contribution in [3.63, 3.8) is 0 Å². The lowest BCUT2D eigenvalue weighted by Gasteiger charge is -2.22. The first-order valence-corrected chi connectivity index (χ1v) is 10.1. The van der Waals surface area contributed by atoms with E-state index in [0.717, 1.165) is 11.3 Å². The summed E-state index contributed by atoms with van der Waals surface area (Å²) < 4.78 is 11.1. The van der Waals surface area contributed by atoms with Gasteiger partial charge >= 0.3 is 6.09 Å². The van der Waals surface area contributed by atoms with Crippen molar-refractivity contribution in [2.75, 3.05) is 18.6 Å². The second-order valence-corrected chi connectivity index (χ2v) is 7.17. The van der Waals surface area contributed by atoms with Crippen LogP contribution in [0.1, 0.15) is 18.5 Å². The lowest BCUT2D eigenvalue weighted by Crippen LogP contribution is -2.27. The van der Waals surface area contributed by atoms with Crippen LogP contribution in [0.25, 0.3) is 0 Å². The SMILES string of the molecule is CNC(C)=O.O=C1OC[C@H](c2ccccc2)N1c1ccc(Oc2ccc(Cl)cc2)cc1. The van der Waals surface area contributed by atoms with E-state index >= 15 is 0 Å². The third kappa shape index (κ3) is 5.99. The van der Waals surface area contributed by atoms with E-state index in [0.29, 0.717) is 23.1 Å². The number of amides is 2. The van der Waals surface area contributed by atoms with Gasteiger partial charge in [-0.25, -0.2) is 4.79 Å². The molecule has 0 unspecified atom stereocenters. The number of rotatable bonds is 4. The molecule has 1 fully saturated rings. The minimum absolute atomic E-state index is 0.00463. The van der Waals surface area contributed by atoms with E-state index in [2.05, 4.69) is 5.32 Å². The predicted octanol–water partition coefficient (Wildman–Crippen LogP) is 5.58. The number of ether oxygens (including phenoxy) is 2. The van der Waals surface area contributed by atoms with Crippen molar-refractivity contribution in [2.24, 2.45) is 0 Å². The van der Waals surface area contributed by atoms with E-state index in [4.69, 9.17) is 21.1 Å². The van der Waals surface area contributed by atoms with E-state index < -0.39 is 0 Å². The molecule has 7 heteroatoms. The highest BCUT2D eigenvalue weighted by Crippen LogP contribution is 2.34. The van der Waals surface area contributed by atoms with Crippen molar-refractivity contribution in [1.29, 1.82) is 0 Å². The van der Waals surface area contributed by atoms with Crippen LogP contribution in [0.4, 0.5) is 10.5 Å². The standard InChI is InChI=1S/C21H16ClNO3.C3H7NO/c22-16-6-10-18(11-7-16)26-19-12-8-17(9-13-19)23-20(14-25-21(23)24)15-4-2-1-3-5-15;1-3(5)4-2/h1-13,20H,14H2;1-2H3,(H,4,5)/t20-;/m1./s1. The first-order chi connectivity index (χ1) is 15.0. The van der Waals surface area contributed by atoms with Crippen LogP contribution in [0.5, 0.6) is 11.5 Å². The molecule has 1 saturated heterocycles. The van der Waals surface area contributed by atoms with Crippen LogP contribution in [0, 0.1) is 0 Å². The summed E-state index contributed by atoms with van der Waals surface area (Å²) in [5.74, 6) is 1.38. The molecule has 0 aliphatic carbocycles. The summed E-state index contributed by atoms with van der Waals surface area (Å²) in [6.45, 7) is 1.81. The lowest BCUT2D eigenvalue weighted by atomic mass is 10.1. The van der Waals surface area contributed by atoms with Crippen LogP contribution in [0.15, 0.2) is 78.9 Å². The Morgan fingerprint density at radius 1 is 1.00 bits per heavy atom. The normalized spacial score (nSPS) is 14.9. The number of cyclic esters (lactones) is 1. The fourth-order valence-corrected chi connectivity index (χ4v) is 3.07. The molecular formula is C24H23ClN2O4. The third-order valence-electron chi connectivity index (χ3n) is 4.57. The Kier molecular flexibility index (Phi) is 7.51. The Hall–Kier alpha value is -3.51.